The number of allylic oxidation sites excluding steroid dienone is 2. The van der Waals surface area contributed by atoms with Crippen LogP contribution in [0.15, 0.2) is 72.0 Å². The number of ether oxygens (including phenoxy) is 1. The van der Waals surface area contributed by atoms with Crippen molar-refractivity contribution in [2.24, 2.45) is 10.7 Å². The predicted octanol–water partition coefficient (Wildman–Crippen LogP) is 4.49. The van der Waals surface area contributed by atoms with E-state index in [9.17, 15) is 0 Å². The summed E-state index contributed by atoms with van der Waals surface area (Å²) in [5.41, 5.74) is 9.62. The number of fused-ring (bicyclic) bond motifs is 1. The molecular formula is C29H36N6O. The van der Waals surface area contributed by atoms with E-state index >= 15 is 0 Å². The van der Waals surface area contributed by atoms with E-state index in [2.05, 4.69) is 57.8 Å². The topological polar surface area (TPSA) is 71.9 Å². The van der Waals surface area contributed by atoms with Gasteiger partial charge in [-0.3, -0.25) is 9.58 Å². The van der Waals surface area contributed by atoms with Gasteiger partial charge in [0.05, 0.1) is 30.2 Å². The number of rotatable bonds is 9. The number of aliphatic imine (C=N–C) groups is 1. The van der Waals surface area contributed by atoms with Crippen molar-refractivity contribution in [2.45, 2.75) is 45.4 Å². The first-order valence-electron chi connectivity index (χ1n) is 12.9. The molecule has 2 aromatic carbocycles. The number of hydrogen-bond acceptors (Lipinski definition) is 5. The molecule has 7 heteroatoms. The average molecular weight is 485 g/mol. The molecule has 0 radical (unpaired) electrons. The molecule has 1 saturated carbocycles. The van der Waals surface area contributed by atoms with Crippen LogP contribution in [0.1, 0.15) is 37.9 Å². The van der Waals surface area contributed by atoms with Gasteiger partial charge >= 0.3 is 0 Å². The molecule has 0 unspecified atom stereocenters. The third-order valence-corrected chi connectivity index (χ3v) is 6.78. The van der Waals surface area contributed by atoms with Crippen LogP contribution in [0.25, 0.3) is 16.5 Å². The molecule has 0 spiro atoms. The molecule has 1 aliphatic heterocycles. The summed E-state index contributed by atoms with van der Waals surface area (Å²) in [7, 11) is 0. The van der Waals surface area contributed by atoms with Crippen LogP contribution in [0.5, 0.6) is 5.75 Å². The first kappa shape index (κ1) is 24.1. The molecule has 2 N–H and O–H groups in total. The van der Waals surface area contributed by atoms with Crippen molar-refractivity contribution in [3.63, 3.8) is 0 Å². The molecule has 36 heavy (non-hydrogen) atoms. The van der Waals surface area contributed by atoms with Gasteiger partial charge in [-0.2, -0.15) is 5.10 Å². The molecule has 0 amide bonds. The average Bonchev–Trinajstić information content (AvgIpc) is 3.67. The van der Waals surface area contributed by atoms with Gasteiger partial charge in [-0.05, 0) is 62.1 Å². The van der Waals surface area contributed by atoms with Gasteiger partial charge in [0.1, 0.15) is 11.6 Å². The third kappa shape index (κ3) is 5.46. The minimum Gasteiger partial charge on any atom is -0.491 e. The first-order valence-corrected chi connectivity index (χ1v) is 12.9. The summed E-state index contributed by atoms with van der Waals surface area (Å²) in [6.45, 7) is 13.1. The summed E-state index contributed by atoms with van der Waals surface area (Å²) in [4.78, 5) is 9.39. The fourth-order valence-corrected chi connectivity index (χ4v) is 4.88. The minimum atomic E-state index is 0.0909. The van der Waals surface area contributed by atoms with Crippen LogP contribution < -0.4 is 10.5 Å². The Balaban J connectivity index is 1.47. The molecule has 2 heterocycles. The number of benzene rings is 2. The first-order chi connectivity index (χ1) is 17.5. The maximum absolute atomic E-state index is 6.00. The molecule has 5 rings (SSSR count). The van der Waals surface area contributed by atoms with Crippen LogP contribution in [0.4, 0.5) is 0 Å². The molecule has 188 valence electrons. The monoisotopic (exact) mass is 484 g/mol. The zero-order chi connectivity index (χ0) is 25.1. The fraction of sp³-hybridized carbons (Fsp3) is 0.379. The Hall–Kier alpha value is -3.58. The van der Waals surface area contributed by atoms with Crippen LogP contribution in [-0.4, -0.2) is 64.2 Å². The normalized spacial score (nSPS) is 17.4. The van der Waals surface area contributed by atoms with Crippen molar-refractivity contribution in [2.75, 3.05) is 26.2 Å². The van der Waals surface area contributed by atoms with Crippen molar-refractivity contribution >= 4 is 22.8 Å². The molecule has 3 aromatic rings. The van der Waals surface area contributed by atoms with E-state index in [1.165, 1.54) is 24.7 Å². The second-order valence-electron chi connectivity index (χ2n) is 9.90. The maximum Gasteiger partial charge on any atom is 0.130 e. The van der Waals surface area contributed by atoms with E-state index in [0.29, 0.717) is 6.54 Å². The highest BCUT2D eigenvalue weighted by atomic mass is 16.5. The van der Waals surface area contributed by atoms with E-state index < -0.39 is 0 Å². The van der Waals surface area contributed by atoms with Crippen molar-refractivity contribution in [3.05, 3.63) is 78.3 Å². The fourth-order valence-electron chi connectivity index (χ4n) is 4.88. The van der Waals surface area contributed by atoms with Gasteiger partial charge in [0.2, 0.25) is 0 Å². The Bertz CT molecular complexity index is 1260. The lowest BCUT2D eigenvalue weighted by Crippen LogP contribution is -2.46. The van der Waals surface area contributed by atoms with Crippen LogP contribution in [0.2, 0.25) is 0 Å². The summed E-state index contributed by atoms with van der Waals surface area (Å²) in [6, 6.07) is 17.3. The second-order valence-corrected chi connectivity index (χ2v) is 9.90. The Morgan fingerprint density at radius 1 is 1.14 bits per heavy atom. The van der Waals surface area contributed by atoms with E-state index in [1.54, 1.807) is 0 Å². The molecule has 0 bridgehead atoms. The number of aromatic nitrogens is 2. The quantitative estimate of drug-likeness (QED) is 0.275. The van der Waals surface area contributed by atoms with Crippen LogP contribution in [0.3, 0.4) is 0 Å². The van der Waals surface area contributed by atoms with Crippen LogP contribution in [-0.2, 0) is 6.54 Å². The van der Waals surface area contributed by atoms with E-state index in [4.69, 9.17) is 15.6 Å². The number of piperazine rings is 1. The van der Waals surface area contributed by atoms with Crippen LogP contribution >= 0.6 is 0 Å². The standard InChI is InChI=1S/C29H36N6O/c1-21(2)36-25-11-12-27-26(18-25)29(32-35(27)19-23-7-5-4-6-8-23)22(3)17-28(31-20-30)34-15-13-33(14-16-34)24-9-10-24/h4-8,11-12,17-18,20-21,24H,3,9-10,13-16,19H2,1-2H3,(H2,30,31)/b28-17+. The number of hydrogen-bond donors (Lipinski definition) is 1. The molecule has 1 aromatic heterocycles. The molecule has 1 aliphatic carbocycles. The Morgan fingerprint density at radius 2 is 1.89 bits per heavy atom. The smallest absolute Gasteiger partial charge is 0.130 e. The van der Waals surface area contributed by atoms with Gasteiger partial charge in [0.25, 0.3) is 0 Å². The number of nitrogens with zero attached hydrogens (tertiary/aromatic N) is 5. The predicted molar refractivity (Wildman–Crippen MR) is 147 cm³/mol. The Labute approximate surface area is 213 Å². The Morgan fingerprint density at radius 3 is 2.56 bits per heavy atom. The zero-order valence-electron chi connectivity index (χ0n) is 21.3. The van der Waals surface area contributed by atoms with E-state index in [0.717, 1.165) is 66.0 Å². The highest BCUT2D eigenvalue weighted by molar-refractivity contribution is 5.93. The zero-order valence-corrected chi connectivity index (χ0v) is 21.3. The lowest BCUT2D eigenvalue weighted by Gasteiger charge is -2.36. The summed E-state index contributed by atoms with van der Waals surface area (Å²) < 4.78 is 8.04. The Kier molecular flexibility index (Phi) is 7.09. The van der Waals surface area contributed by atoms with Crippen molar-refractivity contribution in [3.8, 4) is 5.75 Å². The molecule has 2 aliphatic rings. The molecule has 2 fully saturated rings. The van der Waals surface area contributed by atoms with Crippen molar-refractivity contribution < 1.29 is 4.74 Å². The molecule has 0 atom stereocenters. The van der Waals surface area contributed by atoms with E-state index in [-0.39, 0.29) is 6.10 Å². The summed E-state index contributed by atoms with van der Waals surface area (Å²) >= 11 is 0. The summed E-state index contributed by atoms with van der Waals surface area (Å²) in [5.74, 6) is 1.66. The van der Waals surface area contributed by atoms with Gasteiger partial charge in [-0.25, -0.2) is 4.99 Å². The SMILES string of the molecule is C=C(/C=C(\N=C/N)N1CCN(C2CC2)CC1)c1nn(Cc2ccccc2)c2ccc(OC(C)C)cc12. The van der Waals surface area contributed by atoms with Gasteiger partial charge in [-0.15, -0.1) is 0 Å². The maximum atomic E-state index is 6.00. The number of nitrogens with two attached hydrogens (primary N) is 1. The lowest BCUT2D eigenvalue weighted by atomic mass is 10.1. The van der Waals surface area contributed by atoms with Gasteiger partial charge in [-0.1, -0.05) is 36.9 Å². The largest absolute Gasteiger partial charge is 0.491 e. The van der Waals surface area contributed by atoms with Crippen molar-refractivity contribution in [1.29, 1.82) is 0 Å². The highest BCUT2D eigenvalue weighted by Gasteiger charge is 2.31. The van der Waals surface area contributed by atoms with Gasteiger partial charge in [0, 0.05) is 37.6 Å². The van der Waals surface area contributed by atoms with E-state index in [1.807, 2.05) is 36.7 Å². The third-order valence-electron chi connectivity index (χ3n) is 6.78. The molecular weight excluding hydrogens is 448 g/mol. The minimum absolute atomic E-state index is 0.0909. The van der Waals surface area contributed by atoms with Crippen molar-refractivity contribution in [1.82, 2.24) is 19.6 Å². The lowest BCUT2D eigenvalue weighted by molar-refractivity contribution is 0.151. The second kappa shape index (κ2) is 10.6. The van der Waals surface area contributed by atoms with Gasteiger partial charge < -0.3 is 15.4 Å². The molecule has 7 nitrogen and oxygen atoms in total. The van der Waals surface area contributed by atoms with Crippen LogP contribution in [0, 0.1) is 0 Å². The summed E-state index contributed by atoms with van der Waals surface area (Å²) in [5, 5.41) is 6.03. The van der Waals surface area contributed by atoms with Gasteiger partial charge in [0.15, 0.2) is 0 Å². The molecule has 1 saturated heterocycles. The summed E-state index contributed by atoms with van der Waals surface area (Å²) in [6.07, 6.45) is 6.14. The highest BCUT2D eigenvalue weighted by Crippen LogP contribution is 2.31.